The van der Waals surface area contributed by atoms with Gasteiger partial charge in [0, 0.05) is 25.3 Å². The van der Waals surface area contributed by atoms with E-state index in [1.165, 1.54) is 12.1 Å². The Labute approximate surface area is 149 Å². The largest absolute Gasteiger partial charge is 0.416 e. The fraction of sp³-hybridized carbons (Fsp3) is 0.353. The van der Waals surface area contributed by atoms with Gasteiger partial charge < -0.3 is 4.90 Å². The maximum atomic E-state index is 12.6. The molecule has 1 aliphatic heterocycles. The molecule has 0 saturated carbocycles. The van der Waals surface area contributed by atoms with E-state index < -0.39 is 21.8 Å². The minimum absolute atomic E-state index is 0.253. The number of anilines is 1. The van der Waals surface area contributed by atoms with Gasteiger partial charge in [-0.25, -0.2) is 18.1 Å². The number of pyridine rings is 1. The lowest BCUT2D eigenvalue weighted by atomic mass is 10.1. The first-order valence-electron chi connectivity index (χ1n) is 8.05. The third-order valence-electron chi connectivity index (χ3n) is 4.15. The van der Waals surface area contributed by atoms with Gasteiger partial charge in [0.15, 0.2) is 0 Å². The zero-order chi connectivity index (χ0) is 18.8. The highest BCUT2D eigenvalue weighted by molar-refractivity contribution is 7.88. The van der Waals surface area contributed by atoms with Crippen LogP contribution in [0.15, 0.2) is 48.7 Å². The molecule has 5 nitrogen and oxygen atoms in total. The average molecular weight is 385 g/mol. The number of halogens is 3. The molecule has 0 radical (unpaired) electrons. The van der Waals surface area contributed by atoms with Crippen molar-refractivity contribution in [3.63, 3.8) is 0 Å². The van der Waals surface area contributed by atoms with Crippen LogP contribution in [0.5, 0.6) is 0 Å². The third-order valence-corrected chi connectivity index (χ3v) is 5.55. The quantitative estimate of drug-likeness (QED) is 0.860. The fourth-order valence-corrected chi connectivity index (χ4v) is 4.33. The van der Waals surface area contributed by atoms with Crippen LogP contribution in [0, 0.1) is 0 Å². The van der Waals surface area contributed by atoms with Gasteiger partial charge in [0.2, 0.25) is 10.0 Å². The predicted octanol–water partition coefficient (Wildman–Crippen LogP) is 2.80. The molecule has 2 aromatic rings. The Balaban J connectivity index is 1.59. The van der Waals surface area contributed by atoms with Crippen molar-refractivity contribution in [3.05, 3.63) is 59.8 Å². The number of hydrogen-bond acceptors (Lipinski definition) is 4. The summed E-state index contributed by atoms with van der Waals surface area (Å²) >= 11 is 0. The zero-order valence-corrected chi connectivity index (χ0v) is 14.6. The summed E-state index contributed by atoms with van der Waals surface area (Å²) in [5.41, 5.74) is -0.488. The third kappa shape index (κ3) is 4.73. The highest BCUT2D eigenvalue weighted by Crippen LogP contribution is 2.29. The Bertz CT molecular complexity index is 840. The van der Waals surface area contributed by atoms with Gasteiger partial charge in [-0.3, -0.25) is 0 Å². The molecule has 1 aliphatic rings. The maximum absolute atomic E-state index is 12.6. The van der Waals surface area contributed by atoms with Crippen molar-refractivity contribution >= 4 is 15.8 Å². The molecule has 1 fully saturated rings. The van der Waals surface area contributed by atoms with Crippen LogP contribution in [0.3, 0.4) is 0 Å². The van der Waals surface area contributed by atoms with Gasteiger partial charge in [0.1, 0.15) is 5.82 Å². The van der Waals surface area contributed by atoms with E-state index in [0.29, 0.717) is 25.1 Å². The van der Waals surface area contributed by atoms with Gasteiger partial charge in [0.05, 0.1) is 11.3 Å². The lowest BCUT2D eigenvalue weighted by Crippen LogP contribution is -2.37. The first-order valence-corrected chi connectivity index (χ1v) is 9.70. The first kappa shape index (κ1) is 18.7. The molecule has 0 aliphatic carbocycles. The molecule has 1 atom stereocenters. The molecule has 9 heteroatoms. The Kier molecular flexibility index (Phi) is 5.19. The maximum Gasteiger partial charge on any atom is 0.416 e. The second-order valence-electron chi connectivity index (χ2n) is 6.19. The topological polar surface area (TPSA) is 62.3 Å². The van der Waals surface area contributed by atoms with Crippen molar-refractivity contribution in [1.29, 1.82) is 0 Å². The van der Waals surface area contributed by atoms with Crippen molar-refractivity contribution in [2.24, 2.45) is 0 Å². The molecule has 0 spiro atoms. The van der Waals surface area contributed by atoms with Crippen LogP contribution in [-0.2, 0) is 22.0 Å². The van der Waals surface area contributed by atoms with E-state index in [0.717, 1.165) is 18.0 Å². The number of aromatic nitrogens is 1. The standard InChI is InChI=1S/C17H18F3N3O2S/c18-17(19,20)14-6-4-13(5-7-14)12-26(24,25)22-15-8-10-23(11-15)16-3-1-2-9-21-16/h1-7,9,15,22H,8,10-12H2. The number of sulfonamides is 1. The summed E-state index contributed by atoms with van der Waals surface area (Å²) < 4.78 is 64.9. The Morgan fingerprint density at radius 2 is 1.88 bits per heavy atom. The van der Waals surface area contributed by atoms with E-state index in [1.807, 2.05) is 23.1 Å². The normalized spacial score (nSPS) is 18.3. The molecule has 0 bridgehead atoms. The molecule has 140 valence electrons. The monoisotopic (exact) mass is 385 g/mol. The van der Waals surface area contributed by atoms with Crippen LogP contribution in [0.2, 0.25) is 0 Å². The average Bonchev–Trinajstić information content (AvgIpc) is 3.02. The number of rotatable bonds is 5. The van der Waals surface area contributed by atoms with Crippen molar-refractivity contribution in [1.82, 2.24) is 9.71 Å². The van der Waals surface area contributed by atoms with Crippen molar-refractivity contribution in [2.75, 3.05) is 18.0 Å². The highest BCUT2D eigenvalue weighted by atomic mass is 32.2. The molecule has 0 amide bonds. The van der Waals surface area contributed by atoms with Crippen LogP contribution in [0.4, 0.5) is 19.0 Å². The van der Waals surface area contributed by atoms with Crippen LogP contribution in [-0.4, -0.2) is 32.5 Å². The van der Waals surface area contributed by atoms with E-state index in [9.17, 15) is 21.6 Å². The molecule has 26 heavy (non-hydrogen) atoms. The molecular formula is C17H18F3N3O2S. The SMILES string of the molecule is O=S(=O)(Cc1ccc(C(F)(F)F)cc1)NC1CCN(c2ccccn2)C1. The van der Waals surface area contributed by atoms with Gasteiger partial charge in [-0.2, -0.15) is 13.2 Å². The van der Waals surface area contributed by atoms with Gasteiger partial charge >= 0.3 is 6.18 Å². The minimum atomic E-state index is -4.44. The van der Waals surface area contributed by atoms with E-state index in [1.54, 1.807) is 6.20 Å². The number of nitrogens with zero attached hydrogens (tertiary/aromatic N) is 2. The summed E-state index contributed by atoms with van der Waals surface area (Å²) in [6, 6.07) is 9.45. The molecule has 2 heterocycles. The molecule has 1 unspecified atom stereocenters. The molecule has 3 rings (SSSR count). The van der Waals surface area contributed by atoms with Gasteiger partial charge in [0.25, 0.3) is 0 Å². The Hall–Kier alpha value is -2.13. The lowest BCUT2D eigenvalue weighted by Gasteiger charge is -2.18. The van der Waals surface area contributed by atoms with E-state index in [4.69, 9.17) is 0 Å². The van der Waals surface area contributed by atoms with Gasteiger partial charge in [-0.1, -0.05) is 18.2 Å². The Morgan fingerprint density at radius 3 is 2.50 bits per heavy atom. The highest BCUT2D eigenvalue weighted by Gasteiger charge is 2.30. The van der Waals surface area contributed by atoms with E-state index in [2.05, 4.69) is 9.71 Å². The molecule has 1 N–H and O–H groups in total. The first-order chi connectivity index (χ1) is 12.2. The summed E-state index contributed by atoms with van der Waals surface area (Å²) in [6.45, 7) is 1.19. The molecule has 1 saturated heterocycles. The number of benzene rings is 1. The number of alkyl halides is 3. The van der Waals surface area contributed by atoms with Crippen molar-refractivity contribution in [3.8, 4) is 0 Å². The second-order valence-corrected chi connectivity index (χ2v) is 7.95. The van der Waals surface area contributed by atoms with Crippen LogP contribution in [0.1, 0.15) is 17.5 Å². The van der Waals surface area contributed by atoms with E-state index in [-0.39, 0.29) is 11.8 Å². The van der Waals surface area contributed by atoms with Gasteiger partial charge in [-0.05, 0) is 36.2 Å². The molecule has 1 aromatic heterocycles. The van der Waals surface area contributed by atoms with Crippen LogP contribution >= 0.6 is 0 Å². The molecular weight excluding hydrogens is 367 g/mol. The second kappa shape index (κ2) is 7.24. The summed E-state index contributed by atoms with van der Waals surface area (Å²) in [7, 11) is -3.65. The number of hydrogen-bond donors (Lipinski definition) is 1. The smallest absolute Gasteiger partial charge is 0.355 e. The minimum Gasteiger partial charge on any atom is -0.355 e. The van der Waals surface area contributed by atoms with Crippen LogP contribution in [0.25, 0.3) is 0 Å². The van der Waals surface area contributed by atoms with Crippen molar-refractivity contribution in [2.45, 2.75) is 24.4 Å². The zero-order valence-electron chi connectivity index (χ0n) is 13.8. The van der Waals surface area contributed by atoms with E-state index >= 15 is 0 Å². The number of nitrogens with one attached hydrogen (secondary N) is 1. The van der Waals surface area contributed by atoms with Gasteiger partial charge in [-0.15, -0.1) is 0 Å². The Morgan fingerprint density at radius 1 is 1.15 bits per heavy atom. The van der Waals surface area contributed by atoms with Crippen LogP contribution < -0.4 is 9.62 Å². The van der Waals surface area contributed by atoms with Crippen molar-refractivity contribution < 1.29 is 21.6 Å². The summed E-state index contributed by atoms with van der Waals surface area (Å²) in [6.07, 6.45) is -2.12. The summed E-state index contributed by atoms with van der Waals surface area (Å²) in [4.78, 5) is 6.24. The summed E-state index contributed by atoms with van der Waals surface area (Å²) in [5.74, 6) is 0.433. The molecule has 1 aromatic carbocycles. The predicted molar refractivity (Wildman–Crippen MR) is 92.1 cm³/mol. The lowest BCUT2D eigenvalue weighted by molar-refractivity contribution is -0.137. The fourth-order valence-electron chi connectivity index (χ4n) is 2.91. The summed E-state index contributed by atoms with van der Waals surface area (Å²) in [5, 5.41) is 0.